The van der Waals surface area contributed by atoms with Gasteiger partial charge in [0.25, 0.3) is 0 Å². The largest absolute Gasteiger partial charge is 0.341 e. The second-order valence-electron chi connectivity index (χ2n) is 5.73. The number of aromatic amines is 1. The lowest BCUT2D eigenvalue weighted by atomic mass is 9.85. The van der Waals surface area contributed by atoms with Crippen molar-refractivity contribution in [2.45, 2.75) is 58.5 Å². The number of hydrogen-bond donors (Lipinski definition) is 1. The summed E-state index contributed by atoms with van der Waals surface area (Å²) in [6, 6.07) is 0.925. The van der Waals surface area contributed by atoms with Gasteiger partial charge in [0.15, 0.2) is 4.77 Å². The van der Waals surface area contributed by atoms with Gasteiger partial charge in [0.05, 0.1) is 0 Å². The Morgan fingerprint density at radius 1 is 1.39 bits per heavy atom. The maximum atomic E-state index is 5.32. The predicted molar refractivity (Wildman–Crippen MR) is 77.6 cm³/mol. The summed E-state index contributed by atoms with van der Waals surface area (Å²) in [7, 11) is 2.15. The van der Waals surface area contributed by atoms with Crippen LogP contribution in [0.25, 0.3) is 0 Å². The summed E-state index contributed by atoms with van der Waals surface area (Å²) < 4.78 is 2.83. The summed E-state index contributed by atoms with van der Waals surface area (Å²) in [5.74, 6) is 1.71. The molecule has 0 spiro atoms. The van der Waals surface area contributed by atoms with E-state index >= 15 is 0 Å². The number of hydrogen-bond acceptors (Lipinski definition) is 3. The number of H-pyrrole nitrogens is 1. The minimum Gasteiger partial charge on any atom is -0.341 e. The highest BCUT2D eigenvalue weighted by atomic mass is 32.1. The number of rotatable bonds is 3. The zero-order valence-corrected chi connectivity index (χ0v) is 12.6. The molecule has 1 aliphatic carbocycles. The molecule has 0 amide bonds. The third-order valence-electron chi connectivity index (χ3n) is 4.08. The van der Waals surface area contributed by atoms with Gasteiger partial charge in [-0.2, -0.15) is 0 Å². The molecule has 2 rings (SSSR count). The normalized spacial score (nSPS) is 24.5. The third-order valence-corrected chi connectivity index (χ3v) is 4.37. The molecule has 18 heavy (non-hydrogen) atoms. The molecule has 1 aromatic heterocycles. The van der Waals surface area contributed by atoms with Gasteiger partial charge in [-0.3, -0.25) is 4.57 Å². The molecule has 5 heteroatoms. The number of nitrogens with zero attached hydrogens (tertiary/aromatic N) is 3. The maximum absolute atomic E-state index is 5.32. The number of nitrogens with one attached hydrogen (secondary N) is 1. The van der Waals surface area contributed by atoms with Gasteiger partial charge in [-0.1, -0.05) is 19.8 Å². The van der Waals surface area contributed by atoms with Crippen LogP contribution in [0.4, 0.5) is 5.95 Å². The van der Waals surface area contributed by atoms with Gasteiger partial charge in [-0.15, -0.1) is 5.10 Å². The molecule has 1 aromatic rings. The standard InChI is InChI=1S/C13H24N4S/c1-9(2)17-12(14-15-13(17)18)16(4)11-8-6-5-7-10(11)3/h9-11H,5-8H2,1-4H3,(H,15,18). The van der Waals surface area contributed by atoms with E-state index in [2.05, 4.69) is 47.5 Å². The summed E-state index contributed by atoms with van der Waals surface area (Å²) in [5, 5.41) is 7.35. The Labute approximate surface area is 114 Å². The molecule has 2 unspecified atom stereocenters. The van der Waals surface area contributed by atoms with Crippen LogP contribution in [-0.2, 0) is 0 Å². The molecule has 1 saturated carbocycles. The van der Waals surface area contributed by atoms with E-state index < -0.39 is 0 Å². The third kappa shape index (κ3) is 2.46. The molecule has 2 atom stereocenters. The van der Waals surface area contributed by atoms with Crippen LogP contribution in [0.15, 0.2) is 0 Å². The van der Waals surface area contributed by atoms with Gasteiger partial charge >= 0.3 is 0 Å². The van der Waals surface area contributed by atoms with Crippen molar-refractivity contribution < 1.29 is 0 Å². The van der Waals surface area contributed by atoms with Gasteiger partial charge in [0.2, 0.25) is 5.95 Å². The van der Waals surface area contributed by atoms with Gasteiger partial charge in [-0.05, 0) is 44.8 Å². The highest BCUT2D eigenvalue weighted by Gasteiger charge is 2.28. The first-order valence-corrected chi connectivity index (χ1v) is 7.33. The lowest BCUT2D eigenvalue weighted by molar-refractivity contribution is 0.317. The zero-order valence-electron chi connectivity index (χ0n) is 11.8. The Hall–Kier alpha value is -0.840. The molecule has 0 saturated heterocycles. The second kappa shape index (κ2) is 5.43. The minimum absolute atomic E-state index is 0.340. The SMILES string of the molecule is CC1CCCCC1N(C)c1n[nH]c(=S)n1C(C)C. The average molecular weight is 268 g/mol. The molecule has 0 radical (unpaired) electrons. The highest BCUT2D eigenvalue weighted by Crippen LogP contribution is 2.30. The van der Waals surface area contributed by atoms with E-state index in [0.717, 1.165) is 16.6 Å². The van der Waals surface area contributed by atoms with E-state index in [1.54, 1.807) is 0 Å². The van der Waals surface area contributed by atoms with Crippen LogP contribution in [0.1, 0.15) is 52.5 Å². The fourth-order valence-electron chi connectivity index (χ4n) is 3.03. The topological polar surface area (TPSA) is 36.9 Å². The van der Waals surface area contributed by atoms with Crippen LogP contribution >= 0.6 is 12.2 Å². The predicted octanol–water partition coefficient (Wildman–Crippen LogP) is 3.54. The number of anilines is 1. The number of aromatic nitrogens is 3. The molecule has 0 aromatic carbocycles. The van der Waals surface area contributed by atoms with E-state index in [4.69, 9.17) is 12.2 Å². The van der Waals surface area contributed by atoms with E-state index in [-0.39, 0.29) is 0 Å². The summed E-state index contributed by atoms with van der Waals surface area (Å²) in [4.78, 5) is 2.32. The van der Waals surface area contributed by atoms with Crippen LogP contribution in [0, 0.1) is 10.7 Å². The molecule has 1 fully saturated rings. The van der Waals surface area contributed by atoms with E-state index in [9.17, 15) is 0 Å². The van der Waals surface area contributed by atoms with E-state index in [1.165, 1.54) is 25.7 Å². The van der Waals surface area contributed by atoms with Crippen LogP contribution in [0.3, 0.4) is 0 Å². The summed E-state index contributed by atoms with van der Waals surface area (Å²) in [6.45, 7) is 6.64. The molecule has 0 aliphatic heterocycles. The van der Waals surface area contributed by atoms with Crippen molar-refractivity contribution in [2.24, 2.45) is 5.92 Å². The fraction of sp³-hybridized carbons (Fsp3) is 0.846. The quantitative estimate of drug-likeness (QED) is 0.852. The lowest BCUT2D eigenvalue weighted by Gasteiger charge is -2.37. The molecule has 1 N–H and O–H groups in total. The van der Waals surface area contributed by atoms with Gasteiger partial charge < -0.3 is 4.90 Å². The Morgan fingerprint density at radius 2 is 2.06 bits per heavy atom. The van der Waals surface area contributed by atoms with Crippen molar-refractivity contribution in [3.63, 3.8) is 0 Å². The Kier molecular flexibility index (Phi) is 4.10. The first-order valence-electron chi connectivity index (χ1n) is 6.92. The Bertz CT molecular complexity index is 448. The van der Waals surface area contributed by atoms with Gasteiger partial charge in [0, 0.05) is 19.1 Å². The van der Waals surface area contributed by atoms with Gasteiger partial charge in [-0.25, -0.2) is 5.10 Å². The Morgan fingerprint density at radius 3 is 2.67 bits per heavy atom. The second-order valence-corrected chi connectivity index (χ2v) is 6.12. The Balaban J connectivity index is 2.28. The maximum Gasteiger partial charge on any atom is 0.225 e. The van der Waals surface area contributed by atoms with Crippen LogP contribution in [-0.4, -0.2) is 27.9 Å². The fourth-order valence-corrected chi connectivity index (χ4v) is 3.37. The van der Waals surface area contributed by atoms with Crippen molar-refractivity contribution in [1.82, 2.24) is 14.8 Å². The van der Waals surface area contributed by atoms with Crippen molar-refractivity contribution in [3.05, 3.63) is 4.77 Å². The first-order chi connectivity index (χ1) is 8.52. The minimum atomic E-state index is 0.340. The van der Waals surface area contributed by atoms with Crippen molar-refractivity contribution in [2.75, 3.05) is 11.9 Å². The zero-order chi connectivity index (χ0) is 13.3. The van der Waals surface area contributed by atoms with E-state index in [0.29, 0.717) is 12.1 Å². The summed E-state index contributed by atoms with van der Waals surface area (Å²) >= 11 is 5.32. The highest BCUT2D eigenvalue weighted by molar-refractivity contribution is 7.71. The van der Waals surface area contributed by atoms with Crippen molar-refractivity contribution >= 4 is 18.2 Å². The molecule has 4 nitrogen and oxygen atoms in total. The van der Waals surface area contributed by atoms with Crippen LogP contribution < -0.4 is 4.90 Å². The summed E-state index contributed by atoms with van der Waals surface area (Å²) in [5.41, 5.74) is 0. The smallest absolute Gasteiger partial charge is 0.225 e. The monoisotopic (exact) mass is 268 g/mol. The first kappa shape index (κ1) is 13.6. The molecular formula is C13H24N4S. The van der Waals surface area contributed by atoms with Gasteiger partial charge in [0.1, 0.15) is 0 Å². The molecular weight excluding hydrogens is 244 g/mol. The van der Waals surface area contributed by atoms with Crippen molar-refractivity contribution in [3.8, 4) is 0 Å². The molecule has 102 valence electrons. The average Bonchev–Trinajstić information content (AvgIpc) is 2.71. The lowest BCUT2D eigenvalue weighted by Crippen LogP contribution is -2.40. The van der Waals surface area contributed by atoms with Crippen molar-refractivity contribution in [1.29, 1.82) is 0 Å². The summed E-state index contributed by atoms with van der Waals surface area (Å²) in [6.07, 6.45) is 5.27. The van der Waals surface area contributed by atoms with Crippen LogP contribution in [0.5, 0.6) is 0 Å². The van der Waals surface area contributed by atoms with E-state index in [1.807, 2.05) is 0 Å². The molecule has 0 bridgehead atoms. The molecule has 1 heterocycles. The van der Waals surface area contributed by atoms with Crippen LogP contribution in [0.2, 0.25) is 0 Å². The molecule has 1 aliphatic rings.